The molecule has 0 saturated carbocycles. The molecule has 1 aromatic heterocycles. The molecular formula is C13H23Cl3N4. The number of hydrogen-bond donors (Lipinski definition) is 1. The fourth-order valence-corrected chi connectivity index (χ4v) is 3.38. The normalized spacial score (nSPS) is 26.2. The third-order valence-electron chi connectivity index (χ3n) is 4.22. The predicted octanol–water partition coefficient (Wildman–Crippen LogP) is 2.45. The maximum atomic E-state index is 5.87. The molecule has 2 fully saturated rings. The van der Waals surface area contributed by atoms with Gasteiger partial charge in [-0.3, -0.25) is 4.68 Å². The Morgan fingerprint density at radius 1 is 1.30 bits per heavy atom. The summed E-state index contributed by atoms with van der Waals surface area (Å²) >= 11 is 5.87. The number of nitrogens with zero attached hydrogens (tertiary/aromatic N) is 3. The molecule has 3 rings (SSSR count). The number of fused-ring (bicyclic) bond motifs is 1. The van der Waals surface area contributed by atoms with Crippen molar-refractivity contribution in [3.63, 3.8) is 0 Å². The summed E-state index contributed by atoms with van der Waals surface area (Å²) in [5.74, 6) is 0.855. The third-order valence-corrected chi connectivity index (χ3v) is 4.42. The van der Waals surface area contributed by atoms with Gasteiger partial charge in [0.1, 0.15) is 0 Å². The van der Waals surface area contributed by atoms with Crippen molar-refractivity contribution in [2.24, 2.45) is 5.92 Å². The van der Waals surface area contributed by atoms with Gasteiger partial charge in [-0.25, -0.2) is 0 Å². The maximum Gasteiger partial charge on any atom is 0.0785 e. The Morgan fingerprint density at radius 2 is 2.15 bits per heavy atom. The van der Waals surface area contributed by atoms with Crippen LogP contribution in [0.15, 0.2) is 12.4 Å². The van der Waals surface area contributed by atoms with Gasteiger partial charge in [0.05, 0.1) is 17.8 Å². The Kier molecular flexibility index (Phi) is 7.62. The number of nitrogens with one attached hydrogen (secondary N) is 1. The van der Waals surface area contributed by atoms with Gasteiger partial charge in [-0.1, -0.05) is 11.6 Å². The summed E-state index contributed by atoms with van der Waals surface area (Å²) in [5.41, 5.74) is 0. The average molecular weight is 342 g/mol. The summed E-state index contributed by atoms with van der Waals surface area (Å²) in [4.78, 5) is 2.57. The van der Waals surface area contributed by atoms with Crippen molar-refractivity contribution in [2.75, 3.05) is 26.2 Å². The smallest absolute Gasteiger partial charge is 0.0785 e. The number of halogens is 3. The Bertz CT molecular complexity index is 399. The van der Waals surface area contributed by atoms with Gasteiger partial charge in [-0.15, -0.1) is 24.8 Å². The van der Waals surface area contributed by atoms with E-state index in [1.54, 1.807) is 6.20 Å². The first-order valence-corrected chi connectivity index (χ1v) is 7.33. The summed E-state index contributed by atoms with van der Waals surface area (Å²) in [6.07, 6.45) is 7.63. The van der Waals surface area contributed by atoms with Crippen LogP contribution in [0.4, 0.5) is 0 Å². The summed E-state index contributed by atoms with van der Waals surface area (Å²) < 4.78 is 1.94. The Hall–Kier alpha value is -0.000000000000000167. The van der Waals surface area contributed by atoms with Crippen LogP contribution in [0, 0.1) is 5.92 Å². The van der Waals surface area contributed by atoms with Crippen molar-refractivity contribution in [2.45, 2.75) is 31.8 Å². The minimum atomic E-state index is 0. The van der Waals surface area contributed by atoms with E-state index in [0.29, 0.717) is 0 Å². The molecule has 0 spiro atoms. The summed E-state index contributed by atoms with van der Waals surface area (Å²) in [7, 11) is 0. The molecule has 2 aliphatic rings. The molecule has 7 heteroatoms. The molecule has 0 bridgehead atoms. The molecule has 3 heterocycles. The van der Waals surface area contributed by atoms with E-state index in [-0.39, 0.29) is 24.8 Å². The predicted molar refractivity (Wildman–Crippen MR) is 87.3 cm³/mol. The van der Waals surface area contributed by atoms with E-state index < -0.39 is 0 Å². The monoisotopic (exact) mass is 340 g/mol. The van der Waals surface area contributed by atoms with E-state index >= 15 is 0 Å². The second-order valence-electron chi connectivity index (χ2n) is 5.47. The number of rotatable bonds is 3. The maximum absolute atomic E-state index is 5.87. The topological polar surface area (TPSA) is 33.1 Å². The lowest BCUT2D eigenvalue weighted by Crippen LogP contribution is -2.52. The number of hydrogen-bond acceptors (Lipinski definition) is 3. The first-order chi connectivity index (χ1) is 8.81. The average Bonchev–Trinajstić information content (AvgIpc) is 2.82. The highest BCUT2D eigenvalue weighted by Gasteiger charge is 2.30. The zero-order valence-corrected chi connectivity index (χ0v) is 13.9. The van der Waals surface area contributed by atoms with Crippen molar-refractivity contribution >= 4 is 36.4 Å². The molecule has 0 amide bonds. The zero-order valence-electron chi connectivity index (χ0n) is 11.5. The van der Waals surface area contributed by atoms with E-state index in [1.807, 2.05) is 10.9 Å². The Balaban J connectivity index is 0.000001000. The van der Waals surface area contributed by atoms with Gasteiger partial charge in [0.25, 0.3) is 0 Å². The lowest BCUT2D eigenvalue weighted by atomic mass is 9.85. The van der Waals surface area contributed by atoms with Crippen LogP contribution >= 0.6 is 36.4 Å². The number of aromatic nitrogens is 2. The van der Waals surface area contributed by atoms with Crippen LogP contribution in [0.3, 0.4) is 0 Å². The second-order valence-corrected chi connectivity index (χ2v) is 5.91. The van der Waals surface area contributed by atoms with Crippen LogP contribution in [0.5, 0.6) is 0 Å². The standard InChI is InChI=1S/C13H21ClN4.2ClH/c14-12-8-16-18(10-12)7-6-17-5-3-13-11(9-17)2-1-4-15-13;;/h8,10-11,13,15H,1-7,9H2;2*1H/t11-,13+;;/m1../s1. The highest BCUT2D eigenvalue weighted by atomic mass is 35.5. The number of likely N-dealkylation sites (tertiary alicyclic amines) is 1. The molecule has 4 nitrogen and oxygen atoms in total. The molecule has 0 radical (unpaired) electrons. The fraction of sp³-hybridized carbons (Fsp3) is 0.769. The first kappa shape index (κ1) is 18.1. The summed E-state index contributed by atoms with van der Waals surface area (Å²) in [6, 6.07) is 0.772. The van der Waals surface area contributed by atoms with Gasteiger partial charge in [-0.05, 0) is 38.3 Å². The van der Waals surface area contributed by atoms with Gasteiger partial charge >= 0.3 is 0 Å². The van der Waals surface area contributed by atoms with Gasteiger partial charge in [0.15, 0.2) is 0 Å². The minimum Gasteiger partial charge on any atom is -0.314 e. The van der Waals surface area contributed by atoms with Crippen molar-refractivity contribution in [3.8, 4) is 0 Å². The van der Waals surface area contributed by atoms with Crippen LogP contribution in [-0.4, -0.2) is 46.9 Å². The molecule has 2 atom stereocenters. The molecular weight excluding hydrogens is 319 g/mol. The molecule has 0 aliphatic carbocycles. The van der Waals surface area contributed by atoms with Crippen molar-refractivity contribution in [3.05, 3.63) is 17.4 Å². The second kappa shape index (κ2) is 8.44. The van der Waals surface area contributed by atoms with Gasteiger partial charge in [0.2, 0.25) is 0 Å². The van der Waals surface area contributed by atoms with Crippen LogP contribution in [0.1, 0.15) is 19.3 Å². The van der Waals surface area contributed by atoms with Crippen LogP contribution in [0.25, 0.3) is 0 Å². The number of piperidine rings is 2. The third kappa shape index (κ3) is 4.50. The highest BCUT2D eigenvalue weighted by Crippen LogP contribution is 2.24. The summed E-state index contributed by atoms with van der Waals surface area (Å²) in [5, 5.41) is 8.61. The van der Waals surface area contributed by atoms with Crippen LogP contribution in [-0.2, 0) is 6.54 Å². The molecule has 2 saturated heterocycles. The minimum absolute atomic E-state index is 0. The SMILES string of the molecule is Cl.Cl.Clc1cnn(CCN2CC[C@@H]3NCCC[C@@H]3C2)c1. The molecule has 1 N–H and O–H groups in total. The summed E-state index contributed by atoms with van der Waals surface area (Å²) in [6.45, 7) is 5.70. The lowest BCUT2D eigenvalue weighted by Gasteiger charge is -2.41. The fourth-order valence-electron chi connectivity index (χ4n) is 3.23. The Morgan fingerprint density at radius 3 is 2.90 bits per heavy atom. The van der Waals surface area contributed by atoms with Gasteiger partial charge in [0, 0.05) is 25.3 Å². The van der Waals surface area contributed by atoms with Crippen LogP contribution < -0.4 is 5.32 Å². The van der Waals surface area contributed by atoms with Crippen LogP contribution in [0.2, 0.25) is 5.02 Å². The van der Waals surface area contributed by atoms with Crippen molar-refractivity contribution in [1.82, 2.24) is 20.0 Å². The molecule has 0 aromatic carbocycles. The van der Waals surface area contributed by atoms with E-state index in [1.165, 1.54) is 38.9 Å². The van der Waals surface area contributed by atoms with Crippen molar-refractivity contribution in [1.29, 1.82) is 0 Å². The van der Waals surface area contributed by atoms with Crippen molar-refractivity contribution < 1.29 is 0 Å². The molecule has 0 unspecified atom stereocenters. The van der Waals surface area contributed by atoms with Gasteiger partial charge < -0.3 is 10.2 Å². The lowest BCUT2D eigenvalue weighted by molar-refractivity contribution is 0.110. The molecule has 20 heavy (non-hydrogen) atoms. The quantitative estimate of drug-likeness (QED) is 0.917. The van der Waals surface area contributed by atoms with E-state index in [0.717, 1.165) is 30.1 Å². The molecule has 116 valence electrons. The first-order valence-electron chi connectivity index (χ1n) is 6.95. The zero-order chi connectivity index (χ0) is 12.4. The van der Waals surface area contributed by atoms with Gasteiger partial charge in [-0.2, -0.15) is 5.10 Å². The Labute approximate surface area is 138 Å². The van der Waals surface area contributed by atoms with E-state index in [2.05, 4.69) is 15.3 Å². The molecule has 2 aliphatic heterocycles. The largest absolute Gasteiger partial charge is 0.314 e. The highest BCUT2D eigenvalue weighted by molar-refractivity contribution is 6.30. The molecule has 1 aromatic rings. The van der Waals surface area contributed by atoms with E-state index in [9.17, 15) is 0 Å². The van der Waals surface area contributed by atoms with E-state index in [4.69, 9.17) is 11.6 Å².